The molecule has 1 aliphatic carbocycles. The van der Waals surface area contributed by atoms with Crippen LogP contribution in [-0.2, 0) is 17.4 Å². The van der Waals surface area contributed by atoms with E-state index in [-0.39, 0.29) is 24.4 Å². The van der Waals surface area contributed by atoms with E-state index < -0.39 is 29.3 Å². The lowest BCUT2D eigenvalue weighted by Crippen LogP contribution is -2.50. The Morgan fingerprint density at radius 3 is 2.46 bits per heavy atom. The fourth-order valence-electron chi connectivity index (χ4n) is 5.18. The number of hydrogen-bond donors (Lipinski definition) is 2. The molecule has 2 aromatic carbocycles. The van der Waals surface area contributed by atoms with Gasteiger partial charge >= 0.3 is 0 Å². The van der Waals surface area contributed by atoms with Crippen molar-refractivity contribution in [2.24, 2.45) is 5.18 Å². The quantitative estimate of drug-likeness (QED) is 0.407. The predicted molar refractivity (Wildman–Crippen MR) is 136 cm³/mol. The van der Waals surface area contributed by atoms with E-state index in [0.29, 0.717) is 31.2 Å². The van der Waals surface area contributed by atoms with Gasteiger partial charge in [-0.3, -0.25) is 0 Å². The van der Waals surface area contributed by atoms with Crippen LogP contribution in [0.3, 0.4) is 0 Å². The normalized spacial score (nSPS) is 21.9. The summed E-state index contributed by atoms with van der Waals surface area (Å²) >= 11 is 0. The Labute approximate surface area is 215 Å². The molecule has 0 amide bonds. The molecular formula is C27H34F2N6O2. The second kappa shape index (κ2) is 11.1. The van der Waals surface area contributed by atoms with E-state index in [0.717, 1.165) is 11.6 Å². The van der Waals surface area contributed by atoms with Crippen LogP contribution < -0.4 is 5.32 Å². The molecule has 2 N–H and O–H groups in total. The first-order chi connectivity index (χ1) is 17.6. The summed E-state index contributed by atoms with van der Waals surface area (Å²) in [5.41, 5.74) is 2.19. The van der Waals surface area contributed by atoms with Crippen LogP contribution in [0.25, 0.3) is 0 Å². The van der Waals surface area contributed by atoms with Crippen molar-refractivity contribution in [2.75, 3.05) is 6.54 Å². The lowest BCUT2D eigenvalue weighted by Gasteiger charge is -2.41. The van der Waals surface area contributed by atoms with E-state index in [9.17, 15) is 18.8 Å². The Hall–Kier alpha value is -3.11. The molecule has 0 saturated heterocycles. The van der Waals surface area contributed by atoms with E-state index in [4.69, 9.17) is 0 Å². The number of aliphatic hydroxyl groups excluding tert-OH is 1. The van der Waals surface area contributed by atoms with Crippen molar-refractivity contribution in [3.05, 3.63) is 82.0 Å². The largest absolute Gasteiger partial charge is 0.390 e. The first-order valence-electron chi connectivity index (χ1n) is 12.6. The molecule has 2 unspecified atom stereocenters. The fraction of sp³-hybridized carbons (Fsp3) is 0.519. The molecule has 37 heavy (non-hydrogen) atoms. The maximum Gasteiger partial charge on any atom is 0.138 e. The van der Waals surface area contributed by atoms with Gasteiger partial charge in [0.05, 0.1) is 18.2 Å². The number of nitrogens with one attached hydrogen (secondary N) is 1. The van der Waals surface area contributed by atoms with Crippen molar-refractivity contribution in [1.82, 2.24) is 25.5 Å². The van der Waals surface area contributed by atoms with Gasteiger partial charge in [-0.2, -0.15) is 4.91 Å². The van der Waals surface area contributed by atoms with Crippen LogP contribution in [0.2, 0.25) is 0 Å². The Morgan fingerprint density at radius 2 is 1.86 bits per heavy atom. The highest BCUT2D eigenvalue weighted by Crippen LogP contribution is 2.40. The van der Waals surface area contributed by atoms with Crippen molar-refractivity contribution in [1.29, 1.82) is 0 Å². The molecule has 1 heterocycles. The minimum atomic E-state index is -0.973. The Kier molecular flexibility index (Phi) is 8.08. The van der Waals surface area contributed by atoms with Gasteiger partial charge in [-0.05, 0) is 76.8 Å². The van der Waals surface area contributed by atoms with Crippen molar-refractivity contribution in [2.45, 2.75) is 82.0 Å². The summed E-state index contributed by atoms with van der Waals surface area (Å²) in [6.45, 7) is 6.67. The van der Waals surface area contributed by atoms with E-state index in [1.165, 1.54) is 28.7 Å². The highest BCUT2D eigenvalue weighted by atomic mass is 19.1. The number of aromatic nitrogens is 4. The number of benzene rings is 2. The molecule has 198 valence electrons. The third-order valence-corrected chi connectivity index (χ3v) is 7.40. The van der Waals surface area contributed by atoms with Crippen LogP contribution in [0, 0.1) is 16.5 Å². The van der Waals surface area contributed by atoms with Gasteiger partial charge in [-0.15, -0.1) is 5.10 Å². The highest BCUT2D eigenvalue weighted by molar-refractivity contribution is 5.34. The van der Waals surface area contributed by atoms with Crippen LogP contribution in [0.1, 0.15) is 69.2 Å². The SMILES string of the molecule is CC(C)(C)c1cccc(C2(NCC(O)C(Cc3cc(F)cc(F)c3)n3cnnn3)CCC(N=O)CC2)c1. The van der Waals surface area contributed by atoms with Crippen molar-refractivity contribution >= 4 is 0 Å². The maximum absolute atomic E-state index is 13.8. The summed E-state index contributed by atoms with van der Waals surface area (Å²) in [6.07, 6.45) is 3.21. The number of aliphatic hydroxyl groups is 1. The number of nitroso groups, excluding NO2 is 1. The number of hydrogen-bond acceptors (Lipinski definition) is 7. The summed E-state index contributed by atoms with van der Waals surface area (Å²) in [5, 5.41) is 29.5. The molecule has 0 aliphatic heterocycles. The zero-order valence-electron chi connectivity index (χ0n) is 21.4. The molecule has 0 bridgehead atoms. The first kappa shape index (κ1) is 26.9. The fourth-order valence-corrected chi connectivity index (χ4v) is 5.18. The highest BCUT2D eigenvalue weighted by Gasteiger charge is 2.38. The summed E-state index contributed by atoms with van der Waals surface area (Å²) in [6, 6.07) is 10.9. The molecule has 8 nitrogen and oxygen atoms in total. The van der Waals surface area contributed by atoms with E-state index >= 15 is 0 Å². The van der Waals surface area contributed by atoms with Crippen LogP contribution in [0.15, 0.2) is 54.0 Å². The molecule has 3 aromatic rings. The lowest BCUT2D eigenvalue weighted by atomic mass is 9.73. The molecule has 1 fully saturated rings. The van der Waals surface area contributed by atoms with Gasteiger partial charge in [-0.25, -0.2) is 13.5 Å². The zero-order valence-corrected chi connectivity index (χ0v) is 21.4. The monoisotopic (exact) mass is 512 g/mol. The number of rotatable bonds is 9. The Bertz CT molecular complexity index is 1170. The van der Waals surface area contributed by atoms with Gasteiger partial charge < -0.3 is 10.4 Å². The predicted octanol–water partition coefficient (Wildman–Crippen LogP) is 4.59. The summed E-state index contributed by atoms with van der Waals surface area (Å²) in [5.74, 6) is -1.37. The Balaban J connectivity index is 1.59. The van der Waals surface area contributed by atoms with Crippen LogP contribution in [0.4, 0.5) is 8.78 Å². The standard InChI is InChI=1S/C27H34F2N6O2/c1-26(2,3)19-5-4-6-20(14-19)27(9-7-23(32-37)8-10-27)30-16-25(36)24(35-17-31-33-34-35)13-18-11-21(28)15-22(29)12-18/h4-6,11-12,14-15,17,23-25,30,36H,7-10,13,16H2,1-3H3. The molecule has 0 spiro atoms. The molecule has 4 rings (SSSR count). The van der Waals surface area contributed by atoms with Gasteiger partial charge in [0.15, 0.2) is 0 Å². The van der Waals surface area contributed by atoms with Gasteiger partial charge in [0, 0.05) is 18.2 Å². The maximum atomic E-state index is 13.8. The Morgan fingerprint density at radius 1 is 1.16 bits per heavy atom. The van der Waals surface area contributed by atoms with Crippen LogP contribution in [0.5, 0.6) is 0 Å². The summed E-state index contributed by atoms with van der Waals surface area (Å²) in [7, 11) is 0. The van der Waals surface area contributed by atoms with Crippen molar-refractivity contribution in [3.63, 3.8) is 0 Å². The molecule has 2 atom stereocenters. The minimum absolute atomic E-state index is 0.0380. The van der Waals surface area contributed by atoms with E-state index in [2.05, 4.69) is 65.0 Å². The topological polar surface area (TPSA) is 105 Å². The molecule has 10 heteroatoms. The second-order valence-corrected chi connectivity index (χ2v) is 11.0. The minimum Gasteiger partial charge on any atom is -0.390 e. The van der Waals surface area contributed by atoms with Gasteiger partial charge in [0.25, 0.3) is 0 Å². The zero-order chi connectivity index (χ0) is 26.6. The average Bonchev–Trinajstić information content (AvgIpc) is 3.40. The molecule has 1 saturated carbocycles. The van der Waals surface area contributed by atoms with Crippen molar-refractivity contribution in [3.8, 4) is 0 Å². The molecule has 1 aliphatic rings. The summed E-state index contributed by atoms with van der Waals surface area (Å²) in [4.78, 5) is 11.2. The van der Waals surface area contributed by atoms with Gasteiger partial charge in [0.1, 0.15) is 18.0 Å². The second-order valence-electron chi connectivity index (χ2n) is 11.0. The van der Waals surface area contributed by atoms with Gasteiger partial charge in [-0.1, -0.05) is 50.2 Å². The molecular weight excluding hydrogens is 478 g/mol. The summed E-state index contributed by atoms with van der Waals surface area (Å²) < 4.78 is 29.1. The van der Waals surface area contributed by atoms with E-state index in [1.807, 2.05) is 6.07 Å². The number of nitrogens with zero attached hydrogens (tertiary/aromatic N) is 5. The number of tetrazole rings is 1. The lowest BCUT2D eigenvalue weighted by molar-refractivity contribution is 0.0842. The molecule has 0 radical (unpaired) electrons. The van der Waals surface area contributed by atoms with Gasteiger partial charge in [0.2, 0.25) is 0 Å². The van der Waals surface area contributed by atoms with Crippen LogP contribution >= 0.6 is 0 Å². The third-order valence-electron chi connectivity index (χ3n) is 7.40. The molecule has 1 aromatic heterocycles. The first-order valence-corrected chi connectivity index (χ1v) is 12.6. The van der Waals surface area contributed by atoms with Crippen LogP contribution in [-0.4, -0.2) is 44.0 Å². The number of halogens is 2. The van der Waals surface area contributed by atoms with E-state index in [1.54, 1.807) is 0 Å². The smallest absolute Gasteiger partial charge is 0.138 e. The average molecular weight is 513 g/mol. The van der Waals surface area contributed by atoms with Crippen molar-refractivity contribution < 1.29 is 13.9 Å². The third kappa shape index (κ3) is 6.42.